The number of ether oxygens (including phenoxy) is 3. The molecule has 7 heteroatoms. The topological polar surface area (TPSA) is 68.7 Å². The number of anilines is 2. The highest BCUT2D eigenvalue weighted by Gasteiger charge is 2.14. The molecule has 1 unspecified atom stereocenters. The maximum Gasteiger partial charge on any atom is 0.227 e. The average molecular weight is 475 g/mol. The first kappa shape index (κ1) is 23.7. The van der Waals surface area contributed by atoms with Gasteiger partial charge in [-0.3, -0.25) is 4.90 Å². The van der Waals surface area contributed by atoms with Gasteiger partial charge >= 0.3 is 0 Å². The molecule has 2 aromatic rings. The van der Waals surface area contributed by atoms with Crippen molar-refractivity contribution in [2.75, 3.05) is 51.4 Å². The Kier molecular flexibility index (Phi) is 8.21. The van der Waals surface area contributed by atoms with E-state index in [0.29, 0.717) is 44.9 Å². The smallest absolute Gasteiger partial charge is 0.227 e. The molecule has 1 N–H and O–H groups in total. The van der Waals surface area contributed by atoms with Crippen LogP contribution in [-0.2, 0) is 16.1 Å². The van der Waals surface area contributed by atoms with E-state index in [9.17, 15) is 0 Å². The van der Waals surface area contributed by atoms with E-state index in [0.717, 1.165) is 41.2 Å². The number of benzene rings is 1. The molecule has 6 bridgehead atoms. The number of nitrogens with one attached hydrogen (secondary N) is 1. The summed E-state index contributed by atoms with van der Waals surface area (Å²) in [5.74, 6) is 1.76. The molecule has 0 amide bonds. The van der Waals surface area contributed by atoms with Crippen LogP contribution in [0, 0.1) is 5.92 Å². The first-order valence-corrected chi connectivity index (χ1v) is 12.6. The third-order valence-electron chi connectivity index (χ3n) is 6.47. The highest BCUT2D eigenvalue weighted by Crippen LogP contribution is 2.27. The molecule has 2 aliphatic heterocycles. The van der Waals surface area contributed by atoms with Gasteiger partial charge in [-0.2, -0.15) is 0 Å². The molecular formula is C28H34N4O3. The summed E-state index contributed by atoms with van der Waals surface area (Å²) in [6.45, 7) is 6.21. The van der Waals surface area contributed by atoms with Crippen molar-refractivity contribution >= 4 is 17.2 Å². The van der Waals surface area contributed by atoms with Crippen LogP contribution < -0.4 is 10.1 Å². The van der Waals surface area contributed by atoms with Gasteiger partial charge in [0.15, 0.2) is 0 Å². The van der Waals surface area contributed by atoms with Crippen LogP contribution in [0.1, 0.15) is 30.5 Å². The van der Waals surface area contributed by atoms with Crippen LogP contribution in [0.15, 0.2) is 60.8 Å². The summed E-state index contributed by atoms with van der Waals surface area (Å²) in [6.07, 6.45) is 15.9. The molecule has 0 saturated carbocycles. The van der Waals surface area contributed by atoms with Crippen molar-refractivity contribution in [1.29, 1.82) is 0 Å². The Hall–Kier alpha value is -3.00. The largest absolute Gasteiger partial charge is 0.492 e. The molecular weight excluding hydrogens is 440 g/mol. The molecule has 7 nitrogen and oxygen atoms in total. The lowest BCUT2D eigenvalue weighted by atomic mass is 9.95. The predicted octanol–water partition coefficient (Wildman–Crippen LogP) is 4.76. The fourth-order valence-electron chi connectivity index (χ4n) is 4.61. The van der Waals surface area contributed by atoms with Gasteiger partial charge in [-0.25, -0.2) is 9.97 Å². The normalized spacial score (nSPS) is 21.0. The monoisotopic (exact) mass is 474 g/mol. The zero-order valence-corrected chi connectivity index (χ0v) is 20.2. The van der Waals surface area contributed by atoms with Crippen molar-refractivity contribution in [1.82, 2.24) is 14.9 Å². The minimum Gasteiger partial charge on any atom is -0.492 e. The maximum atomic E-state index is 6.17. The molecule has 0 spiro atoms. The zero-order chi connectivity index (χ0) is 23.7. The molecule has 184 valence electrons. The second-order valence-electron chi connectivity index (χ2n) is 9.15. The number of aromatic nitrogens is 2. The van der Waals surface area contributed by atoms with Crippen molar-refractivity contribution in [3.05, 3.63) is 72.1 Å². The Morgan fingerprint density at radius 3 is 2.86 bits per heavy atom. The summed E-state index contributed by atoms with van der Waals surface area (Å²) >= 11 is 0. The quantitative estimate of drug-likeness (QED) is 0.641. The lowest BCUT2D eigenvalue weighted by Crippen LogP contribution is -2.25. The molecule has 1 saturated heterocycles. The minimum absolute atomic E-state index is 0.338. The summed E-state index contributed by atoms with van der Waals surface area (Å²) in [5.41, 5.74) is 3.90. The molecule has 35 heavy (non-hydrogen) atoms. The molecule has 3 aliphatic rings. The summed E-state index contributed by atoms with van der Waals surface area (Å²) in [6, 6.07) is 8.03. The molecule has 1 aliphatic carbocycles. The van der Waals surface area contributed by atoms with Crippen molar-refractivity contribution in [2.24, 2.45) is 5.92 Å². The van der Waals surface area contributed by atoms with E-state index in [1.807, 2.05) is 30.4 Å². The van der Waals surface area contributed by atoms with E-state index in [-0.39, 0.29) is 0 Å². The van der Waals surface area contributed by atoms with E-state index in [2.05, 4.69) is 39.5 Å². The minimum atomic E-state index is 0.338. The number of likely N-dealkylation sites (tertiary alicyclic amines) is 1. The number of hydrogen-bond donors (Lipinski definition) is 1. The molecule has 1 fully saturated rings. The number of hydrogen-bond acceptors (Lipinski definition) is 7. The summed E-state index contributed by atoms with van der Waals surface area (Å²) in [5, 5.41) is 3.36. The van der Waals surface area contributed by atoms with Gasteiger partial charge in [0.2, 0.25) is 5.95 Å². The highest BCUT2D eigenvalue weighted by molar-refractivity contribution is 5.73. The third-order valence-corrected chi connectivity index (χ3v) is 6.47. The van der Waals surface area contributed by atoms with E-state index >= 15 is 0 Å². The van der Waals surface area contributed by atoms with Gasteiger partial charge in [-0.1, -0.05) is 30.4 Å². The summed E-state index contributed by atoms with van der Waals surface area (Å²) < 4.78 is 18.0. The van der Waals surface area contributed by atoms with Crippen LogP contribution >= 0.6 is 0 Å². The molecule has 3 heterocycles. The molecule has 1 atom stereocenters. The van der Waals surface area contributed by atoms with E-state index in [4.69, 9.17) is 19.2 Å². The first-order valence-electron chi connectivity index (χ1n) is 12.6. The lowest BCUT2D eigenvalue weighted by Gasteiger charge is -2.18. The lowest BCUT2D eigenvalue weighted by molar-refractivity contribution is 0.133. The Balaban J connectivity index is 1.35. The van der Waals surface area contributed by atoms with Crippen LogP contribution in [0.2, 0.25) is 0 Å². The van der Waals surface area contributed by atoms with Gasteiger partial charge in [0.05, 0.1) is 32.1 Å². The number of allylic oxidation sites excluding steroid dienone is 3. The van der Waals surface area contributed by atoms with Gasteiger partial charge in [0.1, 0.15) is 12.4 Å². The molecule has 0 radical (unpaired) electrons. The van der Waals surface area contributed by atoms with Gasteiger partial charge in [0.25, 0.3) is 0 Å². The van der Waals surface area contributed by atoms with Crippen molar-refractivity contribution in [3.63, 3.8) is 0 Å². The number of fused-ring (bicyclic) bond motifs is 6. The molecule has 1 aromatic carbocycles. The van der Waals surface area contributed by atoms with Crippen LogP contribution in [0.25, 0.3) is 5.57 Å². The van der Waals surface area contributed by atoms with Gasteiger partial charge in [-0.05, 0) is 62.2 Å². The second-order valence-corrected chi connectivity index (χ2v) is 9.15. The van der Waals surface area contributed by atoms with E-state index in [1.54, 1.807) is 6.20 Å². The fraction of sp³-hybridized carbons (Fsp3) is 0.429. The van der Waals surface area contributed by atoms with E-state index in [1.165, 1.54) is 25.9 Å². The Morgan fingerprint density at radius 2 is 1.94 bits per heavy atom. The van der Waals surface area contributed by atoms with Crippen LogP contribution in [0.4, 0.5) is 11.6 Å². The predicted molar refractivity (Wildman–Crippen MR) is 138 cm³/mol. The highest BCUT2D eigenvalue weighted by atomic mass is 16.5. The van der Waals surface area contributed by atoms with Gasteiger partial charge in [0, 0.05) is 29.9 Å². The van der Waals surface area contributed by atoms with Crippen LogP contribution in [0.3, 0.4) is 0 Å². The Labute approximate surface area is 207 Å². The van der Waals surface area contributed by atoms with Gasteiger partial charge in [-0.15, -0.1) is 0 Å². The van der Waals surface area contributed by atoms with Gasteiger partial charge < -0.3 is 19.5 Å². The third kappa shape index (κ3) is 6.78. The first-order chi connectivity index (χ1) is 17.3. The van der Waals surface area contributed by atoms with Crippen LogP contribution in [-0.4, -0.2) is 60.9 Å². The maximum absolute atomic E-state index is 6.17. The summed E-state index contributed by atoms with van der Waals surface area (Å²) in [7, 11) is 0. The van der Waals surface area contributed by atoms with Crippen molar-refractivity contribution in [3.8, 4) is 5.75 Å². The van der Waals surface area contributed by atoms with Crippen molar-refractivity contribution < 1.29 is 14.2 Å². The molecule has 5 rings (SSSR count). The Bertz CT molecular complexity index is 1080. The Morgan fingerprint density at radius 1 is 1.06 bits per heavy atom. The van der Waals surface area contributed by atoms with Crippen molar-refractivity contribution in [2.45, 2.75) is 25.9 Å². The SMILES string of the molecule is C1=CCOCC2C=C(C=CC2)c2ccnc(n2)Nc2ccc(OCCN3CCCC3)c(c2)COC1. The average Bonchev–Trinajstić information content (AvgIpc) is 3.40. The number of rotatable bonds is 4. The molecule has 1 aromatic heterocycles. The zero-order valence-electron chi connectivity index (χ0n) is 20.2. The fourth-order valence-corrected chi connectivity index (χ4v) is 4.61. The standard InChI is InChI=1S/C28H34N4O3/c1-2-13-32(12-1)14-17-35-27-9-8-25-19-24(27)21-34-16-4-3-15-33-20-22-6-5-7-23(18-22)26-10-11-29-28(30-25)31-26/h3-5,7-11,18-19,22H,1-2,6,12-17,20-21H2,(H,29,30,31). The summed E-state index contributed by atoms with van der Waals surface area (Å²) in [4.78, 5) is 11.7. The second kappa shape index (κ2) is 12.1. The number of nitrogens with zero attached hydrogens (tertiary/aromatic N) is 3. The van der Waals surface area contributed by atoms with E-state index < -0.39 is 0 Å². The van der Waals surface area contributed by atoms with Crippen LogP contribution in [0.5, 0.6) is 5.75 Å².